The van der Waals surface area contributed by atoms with E-state index in [2.05, 4.69) is 31.9 Å². The van der Waals surface area contributed by atoms with Crippen LogP contribution >= 0.6 is 34.1 Å². The number of benzene rings is 1. The van der Waals surface area contributed by atoms with Gasteiger partial charge in [-0.05, 0) is 30.6 Å². The molecule has 1 aromatic heterocycles. The first kappa shape index (κ1) is 10.8. The lowest BCUT2D eigenvalue weighted by Gasteiger charge is -2.06. The number of rotatable bonds is 3. The SMILES string of the molecule is CCOc1ccccc1-c1nc(I)ns1. The maximum atomic E-state index is 5.54. The van der Waals surface area contributed by atoms with E-state index in [0.29, 0.717) is 6.61 Å². The van der Waals surface area contributed by atoms with Crippen LogP contribution in [0.4, 0.5) is 0 Å². The fraction of sp³-hybridized carbons (Fsp3) is 0.200. The van der Waals surface area contributed by atoms with Crippen molar-refractivity contribution in [3.63, 3.8) is 0 Å². The minimum atomic E-state index is 0.660. The molecule has 0 atom stereocenters. The summed E-state index contributed by atoms with van der Waals surface area (Å²) >= 11 is 3.50. The second-order valence-electron chi connectivity index (χ2n) is 2.80. The van der Waals surface area contributed by atoms with E-state index in [1.54, 1.807) is 0 Å². The molecule has 5 heteroatoms. The molecule has 1 heterocycles. The lowest BCUT2D eigenvalue weighted by atomic mass is 10.2. The number of para-hydroxylation sites is 1. The number of aromatic nitrogens is 2. The molecular weight excluding hydrogens is 323 g/mol. The molecule has 78 valence electrons. The Hall–Kier alpha value is -0.690. The number of nitrogens with zero attached hydrogens (tertiary/aromatic N) is 2. The van der Waals surface area contributed by atoms with Crippen molar-refractivity contribution in [2.45, 2.75) is 6.92 Å². The smallest absolute Gasteiger partial charge is 0.203 e. The van der Waals surface area contributed by atoms with E-state index in [9.17, 15) is 0 Å². The molecular formula is C10H9IN2OS. The molecule has 0 N–H and O–H groups in total. The second kappa shape index (κ2) is 4.89. The Morgan fingerprint density at radius 1 is 1.40 bits per heavy atom. The van der Waals surface area contributed by atoms with Gasteiger partial charge < -0.3 is 4.74 Å². The van der Waals surface area contributed by atoms with Gasteiger partial charge in [0.2, 0.25) is 3.83 Å². The molecule has 0 bridgehead atoms. The summed E-state index contributed by atoms with van der Waals surface area (Å²) in [7, 11) is 0. The van der Waals surface area contributed by atoms with Crippen molar-refractivity contribution in [2.24, 2.45) is 0 Å². The maximum Gasteiger partial charge on any atom is 0.203 e. The van der Waals surface area contributed by atoms with Gasteiger partial charge in [0.1, 0.15) is 10.8 Å². The van der Waals surface area contributed by atoms with E-state index in [1.165, 1.54) is 11.5 Å². The van der Waals surface area contributed by atoms with E-state index >= 15 is 0 Å². The van der Waals surface area contributed by atoms with Crippen LogP contribution in [0.15, 0.2) is 24.3 Å². The van der Waals surface area contributed by atoms with Gasteiger partial charge in [-0.15, -0.1) is 0 Å². The Kier molecular flexibility index (Phi) is 3.53. The summed E-state index contributed by atoms with van der Waals surface area (Å²) in [6.45, 7) is 2.63. The van der Waals surface area contributed by atoms with E-state index in [4.69, 9.17) is 4.74 Å². The van der Waals surface area contributed by atoms with Crippen molar-refractivity contribution in [1.29, 1.82) is 0 Å². The Morgan fingerprint density at radius 2 is 2.20 bits per heavy atom. The Labute approximate surface area is 106 Å². The first-order chi connectivity index (χ1) is 7.31. The number of ether oxygens (including phenoxy) is 1. The average Bonchev–Trinajstić information content (AvgIpc) is 2.66. The van der Waals surface area contributed by atoms with Crippen LogP contribution in [0.25, 0.3) is 10.6 Å². The van der Waals surface area contributed by atoms with Crippen LogP contribution in [0.1, 0.15) is 6.92 Å². The van der Waals surface area contributed by atoms with Crippen molar-refractivity contribution >= 4 is 34.1 Å². The van der Waals surface area contributed by atoms with Gasteiger partial charge in [0, 0.05) is 22.6 Å². The third-order valence-corrected chi connectivity index (χ3v) is 3.38. The molecule has 3 nitrogen and oxygen atoms in total. The molecule has 0 saturated carbocycles. The highest BCUT2D eigenvalue weighted by atomic mass is 127. The highest BCUT2D eigenvalue weighted by Crippen LogP contribution is 2.30. The molecule has 0 spiro atoms. The Balaban J connectivity index is 2.42. The molecule has 0 unspecified atom stereocenters. The zero-order valence-electron chi connectivity index (χ0n) is 8.11. The molecule has 1 aromatic carbocycles. The van der Waals surface area contributed by atoms with Gasteiger partial charge in [-0.25, -0.2) is 4.98 Å². The largest absolute Gasteiger partial charge is 0.493 e. The van der Waals surface area contributed by atoms with Crippen LogP contribution in [-0.4, -0.2) is 16.0 Å². The molecule has 0 aliphatic heterocycles. The Morgan fingerprint density at radius 3 is 2.87 bits per heavy atom. The van der Waals surface area contributed by atoms with Gasteiger partial charge in [0.05, 0.1) is 12.2 Å². The summed E-state index contributed by atoms with van der Waals surface area (Å²) in [6.07, 6.45) is 0. The van der Waals surface area contributed by atoms with Crippen LogP contribution in [0.3, 0.4) is 0 Å². The monoisotopic (exact) mass is 332 g/mol. The normalized spacial score (nSPS) is 10.3. The van der Waals surface area contributed by atoms with E-state index < -0.39 is 0 Å². The summed E-state index contributed by atoms with van der Waals surface area (Å²) in [5.41, 5.74) is 1.01. The van der Waals surface area contributed by atoms with Gasteiger partial charge in [-0.1, -0.05) is 12.1 Å². The van der Waals surface area contributed by atoms with Gasteiger partial charge in [-0.3, -0.25) is 0 Å². The first-order valence-corrected chi connectivity index (χ1v) is 6.38. The standard InChI is InChI=1S/C10H9IN2OS/c1-2-14-8-6-4-3-5-7(8)9-12-10(11)13-15-9/h3-6H,2H2,1H3. The Bertz CT molecular complexity index is 458. The van der Waals surface area contributed by atoms with Gasteiger partial charge in [0.25, 0.3) is 0 Å². The van der Waals surface area contributed by atoms with E-state index in [0.717, 1.165) is 20.2 Å². The van der Waals surface area contributed by atoms with Crippen molar-refractivity contribution in [3.05, 3.63) is 28.1 Å². The lowest BCUT2D eigenvalue weighted by molar-refractivity contribution is 0.341. The first-order valence-electron chi connectivity index (χ1n) is 4.52. The summed E-state index contributed by atoms with van der Waals surface area (Å²) in [6, 6.07) is 7.89. The van der Waals surface area contributed by atoms with Gasteiger partial charge in [-0.2, -0.15) is 4.37 Å². The third kappa shape index (κ3) is 2.46. The summed E-state index contributed by atoms with van der Waals surface area (Å²) in [4.78, 5) is 4.34. The van der Waals surface area contributed by atoms with Gasteiger partial charge >= 0.3 is 0 Å². The quantitative estimate of drug-likeness (QED) is 0.810. The summed E-state index contributed by atoms with van der Waals surface area (Å²) in [5.74, 6) is 0.868. The molecule has 0 aliphatic carbocycles. The fourth-order valence-electron chi connectivity index (χ4n) is 1.24. The highest BCUT2D eigenvalue weighted by Gasteiger charge is 2.09. The second-order valence-corrected chi connectivity index (χ2v) is 4.51. The molecule has 2 aromatic rings. The summed E-state index contributed by atoms with van der Waals surface area (Å²) < 4.78 is 10.5. The number of hydrogen-bond acceptors (Lipinski definition) is 4. The molecule has 0 fully saturated rings. The lowest BCUT2D eigenvalue weighted by Crippen LogP contribution is -1.93. The predicted molar refractivity (Wildman–Crippen MR) is 69.2 cm³/mol. The van der Waals surface area contributed by atoms with E-state index in [1.807, 2.05) is 31.2 Å². The van der Waals surface area contributed by atoms with Crippen molar-refractivity contribution in [3.8, 4) is 16.3 Å². The maximum absolute atomic E-state index is 5.54. The zero-order chi connectivity index (χ0) is 10.7. The molecule has 0 amide bonds. The molecule has 0 radical (unpaired) electrons. The van der Waals surface area contributed by atoms with Crippen LogP contribution < -0.4 is 4.74 Å². The summed E-state index contributed by atoms with van der Waals surface area (Å²) in [5, 5.41) is 0.906. The molecule has 0 saturated heterocycles. The van der Waals surface area contributed by atoms with Gasteiger partial charge in [0.15, 0.2) is 0 Å². The van der Waals surface area contributed by atoms with Crippen LogP contribution in [0.2, 0.25) is 0 Å². The molecule has 0 aliphatic rings. The van der Waals surface area contributed by atoms with Crippen molar-refractivity contribution in [1.82, 2.24) is 9.36 Å². The molecule has 15 heavy (non-hydrogen) atoms. The van der Waals surface area contributed by atoms with Crippen molar-refractivity contribution < 1.29 is 4.74 Å². The van der Waals surface area contributed by atoms with E-state index in [-0.39, 0.29) is 0 Å². The average molecular weight is 332 g/mol. The topological polar surface area (TPSA) is 35.0 Å². The fourth-order valence-corrected chi connectivity index (χ4v) is 2.54. The number of halogens is 1. The minimum absolute atomic E-state index is 0.660. The van der Waals surface area contributed by atoms with Crippen LogP contribution in [0, 0.1) is 3.83 Å². The third-order valence-electron chi connectivity index (χ3n) is 1.82. The predicted octanol–water partition coefficient (Wildman–Crippen LogP) is 3.21. The zero-order valence-corrected chi connectivity index (χ0v) is 11.1. The van der Waals surface area contributed by atoms with Crippen molar-refractivity contribution in [2.75, 3.05) is 6.61 Å². The highest BCUT2D eigenvalue weighted by molar-refractivity contribution is 14.1. The van der Waals surface area contributed by atoms with Crippen LogP contribution in [-0.2, 0) is 0 Å². The molecule has 2 rings (SSSR count). The minimum Gasteiger partial charge on any atom is -0.493 e. The van der Waals surface area contributed by atoms with Crippen LogP contribution in [0.5, 0.6) is 5.75 Å². The number of hydrogen-bond donors (Lipinski definition) is 0.